The lowest BCUT2D eigenvalue weighted by Gasteiger charge is -2.10. The van der Waals surface area contributed by atoms with Crippen LogP contribution in [0.4, 0.5) is 5.69 Å². The van der Waals surface area contributed by atoms with Crippen molar-refractivity contribution in [1.82, 2.24) is 0 Å². The lowest BCUT2D eigenvalue weighted by Crippen LogP contribution is -2.09. The minimum Gasteiger partial charge on any atom is -0.490 e. The van der Waals surface area contributed by atoms with Crippen molar-refractivity contribution in [2.24, 2.45) is 0 Å². The molecule has 0 saturated heterocycles. The van der Waals surface area contributed by atoms with Crippen molar-refractivity contribution >= 4 is 17.3 Å². The third-order valence-corrected chi connectivity index (χ3v) is 3.25. The van der Waals surface area contributed by atoms with Gasteiger partial charge in [0.2, 0.25) is 0 Å². The molecule has 0 aromatic heterocycles. The van der Waals surface area contributed by atoms with E-state index in [1.807, 2.05) is 36.4 Å². The fourth-order valence-electron chi connectivity index (χ4n) is 1.84. The molecule has 3 nitrogen and oxygen atoms in total. The molecule has 2 rings (SSSR count). The van der Waals surface area contributed by atoms with E-state index in [2.05, 4.69) is 6.92 Å². The number of nitrogens with two attached hydrogens (primary N) is 1. The van der Waals surface area contributed by atoms with Crippen molar-refractivity contribution in [1.29, 1.82) is 0 Å². The van der Waals surface area contributed by atoms with Gasteiger partial charge in [0.05, 0.1) is 0 Å². The zero-order chi connectivity index (χ0) is 14.4. The molecule has 0 unspecified atom stereocenters. The molecule has 0 aliphatic heterocycles. The van der Waals surface area contributed by atoms with E-state index in [1.165, 1.54) is 0 Å². The Bertz CT molecular complexity index is 572. The molecule has 4 heteroatoms. The Labute approximate surface area is 124 Å². The first-order valence-corrected chi connectivity index (χ1v) is 6.96. The van der Waals surface area contributed by atoms with Crippen LogP contribution in [0.15, 0.2) is 42.5 Å². The summed E-state index contributed by atoms with van der Waals surface area (Å²) in [5, 5.41) is 0.774. The summed E-state index contributed by atoms with van der Waals surface area (Å²) in [7, 11) is 0. The second-order valence-corrected chi connectivity index (χ2v) is 4.78. The van der Waals surface area contributed by atoms with Crippen molar-refractivity contribution in [3.63, 3.8) is 0 Å². The van der Waals surface area contributed by atoms with Crippen LogP contribution in [0.25, 0.3) is 0 Å². The second kappa shape index (κ2) is 7.06. The van der Waals surface area contributed by atoms with Crippen molar-refractivity contribution < 1.29 is 9.47 Å². The van der Waals surface area contributed by atoms with Gasteiger partial charge in [0.15, 0.2) is 0 Å². The van der Waals surface area contributed by atoms with E-state index in [4.69, 9.17) is 26.8 Å². The maximum Gasteiger partial charge on any atom is 0.122 e. The molecule has 2 N–H and O–H groups in total. The SMILES string of the molecule is CCc1cc(OCCOc2cccc(N)c2)ccc1Cl. The van der Waals surface area contributed by atoms with Gasteiger partial charge in [-0.1, -0.05) is 24.6 Å². The van der Waals surface area contributed by atoms with Crippen molar-refractivity contribution in [2.75, 3.05) is 18.9 Å². The zero-order valence-electron chi connectivity index (χ0n) is 11.4. The molecule has 0 heterocycles. The van der Waals surface area contributed by atoms with Crippen LogP contribution in [0.3, 0.4) is 0 Å². The summed E-state index contributed by atoms with van der Waals surface area (Å²) in [4.78, 5) is 0. The van der Waals surface area contributed by atoms with Gasteiger partial charge in [-0.25, -0.2) is 0 Å². The summed E-state index contributed by atoms with van der Waals surface area (Å²) < 4.78 is 11.2. The minimum atomic E-state index is 0.466. The van der Waals surface area contributed by atoms with Crippen LogP contribution in [-0.2, 0) is 6.42 Å². The lowest BCUT2D eigenvalue weighted by atomic mass is 10.1. The average molecular weight is 292 g/mol. The third kappa shape index (κ3) is 4.07. The van der Waals surface area contributed by atoms with E-state index in [0.717, 1.165) is 28.5 Å². The zero-order valence-corrected chi connectivity index (χ0v) is 12.2. The molecule has 0 bridgehead atoms. The largest absolute Gasteiger partial charge is 0.490 e. The monoisotopic (exact) mass is 291 g/mol. The Morgan fingerprint density at radius 2 is 1.70 bits per heavy atom. The van der Waals surface area contributed by atoms with Crippen LogP contribution in [0.2, 0.25) is 5.02 Å². The van der Waals surface area contributed by atoms with Gasteiger partial charge in [0.1, 0.15) is 24.7 Å². The van der Waals surface area contributed by atoms with E-state index in [1.54, 1.807) is 6.07 Å². The summed E-state index contributed by atoms with van der Waals surface area (Å²) in [5.41, 5.74) is 7.45. The van der Waals surface area contributed by atoms with Gasteiger partial charge in [0.25, 0.3) is 0 Å². The highest BCUT2D eigenvalue weighted by Gasteiger charge is 2.01. The Balaban J connectivity index is 1.81. The second-order valence-electron chi connectivity index (χ2n) is 4.38. The molecule has 0 fully saturated rings. The van der Waals surface area contributed by atoms with E-state index in [9.17, 15) is 0 Å². The number of halogens is 1. The molecule has 2 aromatic carbocycles. The topological polar surface area (TPSA) is 44.5 Å². The van der Waals surface area contributed by atoms with Crippen LogP contribution in [0.5, 0.6) is 11.5 Å². The van der Waals surface area contributed by atoms with E-state index in [-0.39, 0.29) is 0 Å². The molecular weight excluding hydrogens is 274 g/mol. The number of hydrogen-bond acceptors (Lipinski definition) is 3. The molecule has 0 saturated carbocycles. The fourth-order valence-corrected chi connectivity index (χ4v) is 2.09. The first-order valence-electron chi connectivity index (χ1n) is 6.58. The standard InChI is InChI=1S/C16H18ClNO2/c1-2-12-10-15(6-7-16(12)17)20-9-8-19-14-5-3-4-13(18)11-14/h3-7,10-11H,2,8-9,18H2,1H3. The van der Waals surface area contributed by atoms with Gasteiger partial charge in [-0.2, -0.15) is 0 Å². The van der Waals surface area contributed by atoms with Gasteiger partial charge in [-0.3, -0.25) is 0 Å². The smallest absolute Gasteiger partial charge is 0.122 e. The molecular formula is C16H18ClNO2. The summed E-state index contributed by atoms with van der Waals surface area (Å²) in [6, 6.07) is 13.0. The highest BCUT2D eigenvalue weighted by atomic mass is 35.5. The molecule has 0 spiro atoms. The molecule has 20 heavy (non-hydrogen) atoms. The number of aryl methyl sites for hydroxylation is 1. The van der Waals surface area contributed by atoms with Gasteiger partial charge in [-0.15, -0.1) is 0 Å². The molecule has 0 atom stereocenters. The number of ether oxygens (including phenoxy) is 2. The fraction of sp³-hybridized carbons (Fsp3) is 0.250. The summed E-state index contributed by atoms with van der Waals surface area (Å²) in [5.74, 6) is 1.56. The van der Waals surface area contributed by atoms with Crippen LogP contribution in [0.1, 0.15) is 12.5 Å². The normalized spacial score (nSPS) is 10.3. The van der Waals surface area contributed by atoms with E-state index >= 15 is 0 Å². The van der Waals surface area contributed by atoms with Gasteiger partial charge in [0, 0.05) is 16.8 Å². The Hall–Kier alpha value is -1.87. The third-order valence-electron chi connectivity index (χ3n) is 2.88. The van der Waals surface area contributed by atoms with Crippen LogP contribution in [-0.4, -0.2) is 13.2 Å². The average Bonchev–Trinajstić information content (AvgIpc) is 2.45. The van der Waals surface area contributed by atoms with E-state index < -0.39 is 0 Å². The number of anilines is 1. The number of benzene rings is 2. The van der Waals surface area contributed by atoms with Crippen LogP contribution in [0, 0.1) is 0 Å². The summed E-state index contributed by atoms with van der Waals surface area (Å²) in [6.45, 7) is 3.00. The van der Waals surface area contributed by atoms with Crippen LogP contribution < -0.4 is 15.2 Å². The molecule has 0 aliphatic carbocycles. The molecule has 2 aromatic rings. The maximum absolute atomic E-state index is 6.06. The Morgan fingerprint density at radius 3 is 2.35 bits per heavy atom. The highest BCUT2D eigenvalue weighted by Crippen LogP contribution is 2.22. The first kappa shape index (κ1) is 14.5. The van der Waals surface area contributed by atoms with Crippen molar-refractivity contribution in [3.05, 3.63) is 53.1 Å². The number of nitrogen functional groups attached to an aromatic ring is 1. The highest BCUT2D eigenvalue weighted by molar-refractivity contribution is 6.31. The number of hydrogen-bond donors (Lipinski definition) is 1. The summed E-state index contributed by atoms with van der Waals surface area (Å²) >= 11 is 6.06. The van der Waals surface area contributed by atoms with Crippen LogP contribution >= 0.6 is 11.6 Å². The van der Waals surface area contributed by atoms with Crippen molar-refractivity contribution in [2.45, 2.75) is 13.3 Å². The minimum absolute atomic E-state index is 0.466. The van der Waals surface area contributed by atoms with Gasteiger partial charge >= 0.3 is 0 Å². The Kier molecular flexibility index (Phi) is 5.13. The molecule has 0 radical (unpaired) electrons. The van der Waals surface area contributed by atoms with Gasteiger partial charge < -0.3 is 15.2 Å². The predicted molar refractivity (Wildman–Crippen MR) is 82.7 cm³/mol. The quantitative estimate of drug-likeness (QED) is 0.647. The van der Waals surface area contributed by atoms with Crippen molar-refractivity contribution in [3.8, 4) is 11.5 Å². The predicted octanol–water partition coefficient (Wildman–Crippen LogP) is 3.94. The summed E-state index contributed by atoms with van der Waals surface area (Å²) in [6.07, 6.45) is 0.885. The number of rotatable bonds is 6. The molecule has 106 valence electrons. The molecule has 0 amide bonds. The lowest BCUT2D eigenvalue weighted by molar-refractivity contribution is 0.217. The Morgan fingerprint density at radius 1 is 1.00 bits per heavy atom. The van der Waals surface area contributed by atoms with E-state index in [0.29, 0.717) is 18.9 Å². The first-order chi connectivity index (χ1) is 9.69. The maximum atomic E-state index is 6.06. The molecule has 0 aliphatic rings. The van der Waals surface area contributed by atoms with Gasteiger partial charge in [-0.05, 0) is 42.3 Å².